The van der Waals surface area contributed by atoms with Gasteiger partial charge in [-0.15, -0.1) is 0 Å². The maximum absolute atomic E-state index is 12.8. The predicted octanol–water partition coefficient (Wildman–Crippen LogP) is 2.38. The SMILES string of the molecule is Cc1nc2c(C(=O)NCC[NH+](C)Cc3ccccc3)cnn2c(C)c1Cc1ccccc1. The summed E-state index contributed by atoms with van der Waals surface area (Å²) in [6.45, 7) is 6.40. The zero-order valence-electron chi connectivity index (χ0n) is 18.9. The molecule has 0 saturated heterocycles. The average Bonchev–Trinajstić information content (AvgIpc) is 3.22. The van der Waals surface area contributed by atoms with Gasteiger partial charge < -0.3 is 10.2 Å². The van der Waals surface area contributed by atoms with Crippen LogP contribution >= 0.6 is 0 Å². The molecule has 0 aliphatic carbocycles. The van der Waals surface area contributed by atoms with E-state index in [1.165, 1.54) is 16.0 Å². The van der Waals surface area contributed by atoms with Crippen LogP contribution in [0.1, 0.15) is 38.4 Å². The maximum atomic E-state index is 12.8. The summed E-state index contributed by atoms with van der Waals surface area (Å²) in [5.74, 6) is -0.130. The zero-order chi connectivity index (χ0) is 22.5. The van der Waals surface area contributed by atoms with Crippen LogP contribution in [-0.2, 0) is 13.0 Å². The Bertz CT molecular complexity index is 1200. The fourth-order valence-electron chi connectivity index (χ4n) is 4.04. The van der Waals surface area contributed by atoms with Crippen LogP contribution in [-0.4, -0.2) is 40.6 Å². The third-order valence-corrected chi connectivity index (χ3v) is 5.86. The van der Waals surface area contributed by atoms with Crippen molar-refractivity contribution in [3.05, 3.63) is 101 Å². The number of aryl methyl sites for hydroxylation is 2. The molecule has 2 heterocycles. The molecule has 0 fully saturated rings. The molecule has 4 aromatic rings. The quantitative estimate of drug-likeness (QED) is 0.453. The van der Waals surface area contributed by atoms with E-state index in [0.29, 0.717) is 17.8 Å². The van der Waals surface area contributed by atoms with Crippen molar-refractivity contribution in [3.8, 4) is 0 Å². The Balaban J connectivity index is 1.43. The Morgan fingerprint density at radius 1 is 1.00 bits per heavy atom. The molecule has 1 atom stereocenters. The summed E-state index contributed by atoms with van der Waals surface area (Å²) in [6, 6.07) is 20.7. The molecule has 6 heteroatoms. The number of hydrogen-bond donors (Lipinski definition) is 2. The van der Waals surface area contributed by atoms with Crippen molar-refractivity contribution in [2.75, 3.05) is 20.1 Å². The molecule has 2 N–H and O–H groups in total. The number of nitrogens with one attached hydrogen (secondary N) is 2. The van der Waals surface area contributed by atoms with Crippen molar-refractivity contribution in [1.29, 1.82) is 0 Å². The van der Waals surface area contributed by atoms with E-state index in [1.54, 1.807) is 10.7 Å². The molecule has 0 aliphatic heterocycles. The predicted molar refractivity (Wildman–Crippen MR) is 126 cm³/mol. The normalized spacial score (nSPS) is 12.1. The molecule has 2 aromatic carbocycles. The maximum Gasteiger partial charge on any atom is 0.256 e. The Labute approximate surface area is 188 Å². The van der Waals surface area contributed by atoms with Crippen LogP contribution in [0.2, 0.25) is 0 Å². The highest BCUT2D eigenvalue weighted by Gasteiger charge is 2.18. The highest BCUT2D eigenvalue weighted by molar-refractivity contribution is 5.99. The van der Waals surface area contributed by atoms with E-state index in [0.717, 1.165) is 36.5 Å². The largest absolute Gasteiger partial charge is 0.346 e. The Kier molecular flexibility index (Phi) is 6.61. The second-order valence-electron chi connectivity index (χ2n) is 8.34. The lowest BCUT2D eigenvalue weighted by atomic mass is 10.0. The van der Waals surface area contributed by atoms with Crippen molar-refractivity contribution >= 4 is 11.6 Å². The molecule has 0 saturated carbocycles. The van der Waals surface area contributed by atoms with E-state index in [-0.39, 0.29) is 5.91 Å². The van der Waals surface area contributed by atoms with E-state index in [1.807, 2.05) is 38.1 Å². The van der Waals surface area contributed by atoms with E-state index in [9.17, 15) is 4.79 Å². The van der Waals surface area contributed by atoms with Gasteiger partial charge >= 0.3 is 0 Å². The Hall–Kier alpha value is -3.51. The van der Waals surface area contributed by atoms with Crippen molar-refractivity contribution in [1.82, 2.24) is 19.9 Å². The average molecular weight is 429 g/mol. The lowest BCUT2D eigenvalue weighted by Crippen LogP contribution is -3.08. The summed E-state index contributed by atoms with van der Waals surface area (Å²) in [5, 5.41) is 7.50. The van der Waals surface area contributed by atoms with Crippen LogP contribution in [0.3, 0.4) is 0 Å². The summed E-state index contributed by atoms with van der Waals surface area (Å²) in [7, 11) is 2.14. The fourth-order valence-corrected chi connectivity index (χ4v) is 4.04. The number of carbonyl (C=O) groups is 1. The van der Waals surface area contributed by atoms with Gasteiger partial charge in [-0.2, -0.15) is 5.10 Å². The molecule has 0 radical (unpaired) electrons. The molecule has 2 aromatic heterocycles. The molecule has 1 unspecified atom stereocenters. The third kappa shape index (κ3) is 4.86. The van der Waals surface area contributed by atoms with Gasteiger partial charge in [0.15, 0.2) is 5.65 Å². The van der Waals surface area contributed by atoms with Crippen LogP contribution < -0.4 is 10.2 Å². The highest BCUT2D eigenvalue weighted by atomic mass is 16.1. The van der Waals surface area contributed by atoms with Gasteiger partial charge in [0.1, 0.15) is 12.1 Å². The Morgan fingerprint density at radius 2 is 1.66 bits per heavy atom. The van der Waals surface area contributed by atoms with E-state index >= 15 is 0 Å². The molecule has 6 nitrogen and oxygen atoms in total. The number of likely N-dealkylation sites (N-methyl/N-ethyl adjacent to an activating group) is 1. The van der Waals surface area contributed by atoms with Gasteiger partial charge in [-0.1, -0.05) is 60.7 Å². The summed E-state index contributed by atoms with van der Waals surface area (Å²) < 4.78 is 1.78. The van der Waals surface area contributed by atoms with Gasteiger partial charge in [0, 0.05) is 23.4 Å². The molecule has 0 bridgehead atoms. The smallest absolute Gasteiger partial charge is 0.256 e. The number of rotatable bonds is 8. The molecular weight excluding hydrogens is 398 g/mol. The number of carbonyl (C=O) groups excluding carboxylic acids is 1. The summed E-state index contributed by atoms with van der Waals surface area (Å²) in [6.07, 6.45) is 2.41. The molecule has 4 rings (SSSR count). The molecule has 32 heavy (non-hydrogen) atoms. The third-order valence-electron chi connectivity index (χ3n) is 5.86. The highest BCUT2D eigenvalue weighted by Crippen LogP contribution is 2.20. The number of hydrogen-bond acceptors (Lipinski definition) is 3. The van der Waals surface area contributed by atoms with Crippen LogP contribution in [0.5, 0.6) is 0 Å². The molecule has 0 aliphatic rings. The summed E-state index contributed by atoms with van der Waals surface area (Å²) in [5.41, 5.74) is 6.74. The van der Waals surface area contributed by atoms with Crippen molar-refractivity contribution in [2.45, 2.75) is 26.8 Å². The van der Waals surface area contributed by atoms with E-state index < -0.39 is 0 Å². The van der Waals surface area contributed by atoms with Crippen LogP contribution in [0.4, 0.5) is 0 Å². The van der Waals surface area contributed by atoms with Gasteiger partial charge in [0.25, 0.3) is 5.91 Å². The number of quaternary nitrogens is 1. The fraction of sp³-hybridized carbons (Fsp3) is 0.269. The number of benzene rings is 2. The number of amides is 1. The van der Waals surface area contributed by atoms with Crippen LogP contribution in [0, 0.1) is 13.8 Å². The summed E-state index contributed by atoms with van der Waals surface area (Å²) in [4.78, 5) is 18.9. The first-order chi connectivity index (χ1) is 15.5. The van der Waals surface area contributed by atoms with Crippen molar-refractivity contribution in [2.24, 2.45) is 0 Å². The lowest BCUT2D eigenvalue weighted by Gasteiger charge is -2.14. The second kappa shape index (κ2) is 9.75. The van der Waals surface area contributed by atoms with E-state index in [2.05, 4.69) is 53.9 Å². The van der Waals surface area contributed by atoms with Crippen LogP contribution in [0.15, 0.2) is 66.9 Å². The molecular formula is C26H30N5O+. The first-order valence-electron chi connectivity index (χ1n) is 11.0. The second-order valence-corrected chi connectivity index (χ2v) is 8.34. The van der Waals surface area contributed by atoms with Crippen LogP contribution in [0.25, 0.3) is 5.65 Å². The van der Waals surface area contributed by atoms with Gasteiger partial charge in [-0.25, -0.2) is 9.50 Å². The molecule has 1 amide bonds. The topological polar surface area (TPSA) is 63.7 Å². The number of nitrogens with zero attached hydrogens (tertiary/aromatic N) is 3. The minimum absolute atomic E-state index is 0.130. The van der Waals surface area contributed by atoms with Crippen molar-refractivity contribution < 1.29 is 9.69 Å². The standard InChI is InChI=1S/C26H29N5O/c1-19-23(16-21-10-6-4-7-11-21)20(2)31-25(29-19)24(17-28-31)26(32)27-14-15-30(3)18-22-12-8-5-9-13-22/h4-13,17H,14-16,18H2,1-3H3,(H,27,32)/p+1. The summed E-state index contributed by atoms with van der Waals surface area (Å²) >= 11 is 0. The monoisotopic (exact) mass is 428 g/mol. The zero-order valence-corrected chi connectivity index (χ0v) is 18.9. The molecule has 164 valence electrons. The van der Waals surface area contributed by atoms with Gasteiger partial charge in [0.05, 0.1) is 26.3 Å². The van der Waals surface area contributed by atoms with Crippen molar-refractivity contribution in [3.63, 3.8) is 0 Å². The van der Waals surface area contributed by atoms with Gasteiger partial charge in [0.2, 0.25) is 0 Å². The number of fused-ring (bicyclic) bond motifs is 1. The first-order valence-corrected chi connectivity index (χ1v) is 11.0. The first kappa shape index (κ1) is 21.7. The van der Waals surface area contributed by atoms with E-state index in [4.69, 9.17) is 4.98 Å². The minimum Gasteiger partial charge on any atom is -0.346 e. The minimum atomic E-state index is -0.130. The lowest BCUT2D eigenvalue weighted by molar-refractivity contribution is -0.892. The van der Waals surface area contributed by atoms with Gasteiger partial charge in [-0.05, 0) is 25.0 Å². The number of aromatic nitrogens is 3. The Morgan fingerprint density at radius 3 is 2.34 bits per heavy atom. The molecule has 0 spiro atoms. The van der Waals surface area contributed by atoms with Gasteiger partial charge in [-0.3, -0.25) is 4.79 Å².